The van der Waals surface area contributed by atoms with E-state index in [9.17, 15) is 9.59 Å². The molecule has 20 heavy (non-hydrogen) atoms. The molecule has 0 spiro atoms. The van der Waals surface area contributed by atoms with E-state index < -0.39 is 5.97 Å². The lowest BCUT2D eigenvalue weighted by molar-refractivity contribution is 0.0598. The van der Waals surface area contributed by atoms with Crippen molar-refractivity contribution >= 4 is 5.97 Å². The Bertz CT molecular complexity index is 549. The number of esters is 1. The molecule has 1 aromatic heterocycles. The van der Waals surface area contributed by atoms with E-state index in [0.29, 0.717) is 0 Å². The summed E-state index contributed by atoms with van der Waals surface area (Å²) in [5, 5.41) is 0. The molecule has 0 saturated heterocycles. The van der Waals surface area contributed by atoms with Crippen molar-refractivity contribution in [2.45, 2.75) is 45.4 Å². The van der Waals surface area contributed by atoms with Crippen LogP contribution in [0.15, 0.2) is 10.9 Å². The van der Waals surface area contributed by atoms with Crippen molar-refractivity contribution in [3.8, 4) is 0 Å². The Labute approximate surface area is 118 Å². The molecule has 1 aliphatic rings. The summed E-state index contributed by atoms with van der Waals surface area (Å²) in [6, 6.07) is 1.71. The van der Waals surface area contributed by atoms with E-state index >= 15 is 0 Å². The third-order valence-corrected chi connectivity index (χ3v) is 3.71. The minimum absolute atomic E-state index is 0.122. The number of methoxy groups -OCH3 is 1. The number of aryl methyl sites for hydroxylation is 1. The quantitative estimate of drug-likeness (QED) is 0.659. The molecule has 0 aliphatic heterocycles. The van der Waals surface area contributed by atoms with Gasteiger partial charge >= 0.3 is 5.97 Å². The Kier molecular flexibility index (Phi) is 4.82. The number of pyridine rings is 1. The third-order valence-electron chi connectivity index (χ3n) is 3.71. The maximum atomic E-state index is 12.4. The molecule has 110 valence electrons. The van der Waals surface area contributed by atoms with Gasteiger partial charge in [-0.2, -0.15) is 0 Å². The fourth-order valence-electron chi connectivity index (χ4n) is 2.59. The Morgan fingerprint density at radius 2 is 2.15 bits per heavy atom. The molecule has 1 aromatic rings. The van der Waals surface area contributed by atoms with Gasteiger partial charge in [0.15, 0.2) is 0 Å². The van der Waals surface area contributed by atoms with Gasteiger partial charge in [-0.15, -0.1) is 0 Å². The summed E-state index contributed by atoms with van der Waals surface area (Å²) in [7, 11) is 1.30. The van der Waals surface area contributed by atoms with E-state index in [1.807, 2.05) is 0 Å². The highest BCUT2D eigenvalue weighted by molar-refractivity contribution is 5.89. The lowest BCUT2D eigenvalue weighted by atomic mass is 9.95. The molecule has 5 nitrogen and oxygen atoms in total. The average Bonchev–Trinajstić information content (AvgIpc) is 2.48. The molecular formula is C15H22N2O3. The van der Waals surface area contributed by atoms with Crippen molar-refractivity contribution < 1.29 is 9.53 Å². The molecule has 0 fully saturated rings. The molecule has 2 rings (SSSR count). The van der Waals surface area contributed by atoms with Crippen LogP contribution in [0.4, 0.5) is 0 Å². The number of carbonyl (C=O) groups is 1. The Hall–Kier alpha value is -1.78. The summed E-state index contributed by atoms with van der Waals surface area (Å²) in [6.45, 7) is 2.83. The van der Waals surface area contributed by atoms with Crippen LogP contribution in [0.1, 0.15) is 54.2 Å². The van der Waals surface area contributed by atoms with Gasteiger partial charge in [0.05, 0.1) is 7.11 Å². The average molecular weight is 278 g/mol. The molecule has 0 unspecified atom stereocenters. The topological polar surface area (TPSA) is 60.3 Å². The van der Waals surface area contributed by atoms with E-state index in [2.05, 4.69) is 12.3 Å². The van der Waals surface area contributed by atoms with Crippen molar-refractivity contribution in [1.82, 2.24) is 4.68 Å². The maximum absolute atomic E-state index is 12.4. The zero-order chi connectivity index (χ0) is 14.5. The van der Waals surface area contributed by atoms with Crippen LogP contribution < -0.4 is 11.0 Å². The molecule has 0 saturated carbocycles. The second-order valence-electron chi connectivity index (χ2n) is 5.13. The Morgan fingerprint density at radius 3 is 2.85 bits per heavy atom. The van der Waals surface area contributed by atoms with Crippen molar-refractivity contribution in [3.63, 3.8) is 0 Å². The smallest absolute Gasteiger partial charge is 0.343 e. The summed E-state index contributed by atoms with van der Waals surface area (Å²) < 4.78 is 6.27. The molecule has 1 N–H and O–H groups in total. The van der Waals surface area contributed by atoms with Crippen molar-refractivity contribution in [3.05, 3.63) is 33.2 Å². The first-order chi connectivity index (χ1) is 9.69. The van der Waals surface area contributed by atoms with Gasteiger partial charge in [0.2, 0.25) is 0 Å². The predicted octanol–water partition coefficient (Wildman–Crippen LogP) is 1.86. The summed E-state index contributed by atoms with van der Waals surface area (Å²) >= 11 is 0. The lowest BCUT2D eigenvalue weighted by Gasteiger charge is -2.22. The van der Waals surface area contributed by atoms with Gasteiger partial charge in [-0.1, -0.05) is 13.3 Å². The standard InChI is InChI=1S/C15H22N2O3/c1-3-4-9-16-17-13-8-6-5-7-11(13)10-12(14(17)18)15(19)20-2/h10,16H,3-9H2,1-2H3. The molecule has 1 aliphatic carbocycles. The van der Waals surface area contributed by atoms with Crippen molar-refractivity contribution in [2.24, 2.45) is 0 Å². The zero-order valence-corrected chi connectivity index (χ0v) is 12.2. The first-order valence-electron chi connectivity index (χ1n) is 7.29. The SMILES string of the molecule is CCCCNn1c2c(cc(C(=O)OC)c1=O)CCCC2. The van der Waals surface area contributed by atoms with Crippen LogP contribution in [0, 0.1) is 0 Å². The highest BCUT2D eigenvalue weighted by Crippen LogP contribution is 2.20. The highest BCUT2D eigenvalue weighted by atomic mass is 16.5. The molecule has 0 atom stereocenters. The number of carbonyl (C=O) groups excluding carboxylic acids is 1. The summed E-state index contributed by atoms with van der Waals surface area (Å²) in [4.78, 5) is 24.2. The van der Waals surface area contributed by atoms with Gasteiger partial charge in [-0.3, -0.25) is 4.79 Å². The fraction of sp³-hybridized carbons (Fsp3) is 0.600. The molecule has 0 amide bonds. The molecule has 0 aromatic carbocycles. The van der Waals surface area contributed by atoms with Gasteiger partial charge in [-0.25, -0.2) is 9.47 Å². The molecular weight excluding hydrogens is 256 g/mol. The van der Waals surface area contributed by atoms with E-state index in [0.717, 1.165) is 56.3 Å². The number of hydrogen-bond donors (Lipinski definition) is 1. The van der Waals surface area contributed by atoms with E-state index in [1.165, 1.54) is 7.11 Å². The number of hydrogen-bond acceptors (Lipinski definition) is 4. The first-order valence-corrected chi connectivity index (χ1v) is 7.29. The Morgan fingerprint density at radius 1 is 1.40 bits per heavy atom. The monoisotopic (exact) mass is 278 g/mol. The van der Waals surface area contributed by atoms with Crippen LogP contribution >= 0.6 is 0 Å². The van der Waals surface area contributed by atoms with E-state index in [-0.39, 0.29) is 11.1 Å². The highest BCUT2D eigenvalue weighted by Gasteiger charge is 2.21. The van der Waals surface area contributed by atoms with Crippen LogP contribution in [-0.4, -0.2) is 24.3 Å². The fourth-order valence-corrected chi connectivity index (χ4v) is 2.59. The molecule has 0 bridgehead atoms. The second kappa shape index (κ2) is 6.59. The van der Waals surface area contributed by atoms with E-state index in [4.69, 9.17) is 4.74 Å². The summed E-state index contributed by atoms with van der Waals surface area (Å²) in [5.41, 5.74) is 5.08. The first kappa shape index (κ1) is 14.6. The lowest BCUT2D eigenvalue weighted by Crippen LogP contribution is -2.37. The Balaban J connectivity index is 2.44. The number of nitrogens with zero attached hydrogens (tertiary/aromatic N) is 1. The largest absolute Gasteiger partial charge is 0.465 e. The number of unbranched alkanes of at least 4 members (excludes halogenated alkanes) is 1. The number of nitrogens with one attached hydrogen (secondary N) is 1. The number of aromatic nitrogens is 1. The van der Waals surface area contributed by atoms with Crippen molar-refractivity contribution in [1.29, 1.82) is 0 Å². The van der Waals surface area contributed by atoms with Crippen LogP contribution in [-0.2, 0) is 17.6 Å². The molecule has 1 heterocycles. The predicted molar refractivity (Wildman–Crippen MR) is 77.8 cm³/mol. The van der Waals surface area contributed by atoms with Gasteiger partial charge < -0.3 is 10.2 Å². The van der Waals surface area contributed by atoms with Gasteiger partial charge in [-0.05, 0) is 43.7 Å². The minimum atomic E-state index is -0.561. The molecule has 5 heteroatoms. The second-order valence-corrected chi connectivity index (χ2v) is 5.13. The minimum Gasteiger partial charge on any atom is -0.465 e. The summed E-state index contributed by atoms with van der Waals surface area (Å²) in [6.07, 6.45) is 6.02. The van der Waals surface area contributed by atoms with Gasteiger partial charge in [0.25, 0.3) is 5.56 Å². The summed E-state index contributed by atoms with van der Waals surface area (Å²) in [5.74, 6) is -0.561. The van der Waals surface area contributed by atoms with Gasteiger partial charge in [0, 0.05) is 12.2 Å². The maximum Gasteiger partial charge on any atom is 0.343 e. The number of rotatable bonds is 5. The third kappa shape index (κ3) is 2.86. The zero-order valence-electron chi connectivity index (χ0n) is 12.2. The molecule has 0 radical (unpaired) electrons. The van der Waals surface area contributed by atoms with Crippen LogP contribution in [0.5, 0.6) is 0 Å². The van der Waals surface area contributed by atoms with Crippen LogP contribution in [0.3, 0.4) is 0 Å². The van der Waals surface area contributed by atoms with E-state index in [1.54, 1.807) is 10.7 Å². The van der Waals surface area contributed by atoms with Crippen LogP contribution in [0.2, 0.25) is 0 Å². The van der Waals surface area contributed by atoms with Crippen LogP contribution in [0.25, 0.3) is 0 Å². The number of ether oxygens (including phenoxy) is 1. The number of fused-ring (bicyclic) bond motifs is 1. The van der Waals surface area contributed by atoms with Crippen molar-refractivity contribution in [2.75, 3.05) is 19.1 Å². The van der Waals surface area contributed by atoms with Gasteiger partial charge in [0.1, 0.15) is 5.56 Å². The normalized spacial score (nSPS) is 13.7.